The summed E-state index contributed by atoms with van der Waals surface area (Å²) in [6, 6.07) is 3.00. The van der Waals surface area contributed by atoms with Crippen LogP contribution in [-0.2, 0) is 0 Å². The third kappa shape index (κ3) is 2.73. The Balaban J connectivity index is 2.21. The topological polar surface area (TPSA) is 101 Å². The molecule has 1 fully saturated rings. The Hall–Kier alpha value is -2.20. The molecule has 1 aliphatic heterocycles. The summed E-state index contributed by atoms with van der Waals surface area (Å²) in [6.07, 6.45) is 2.97. The Morgan fingerprint density at radius 2 is 2.50 bits per heavy atom. The highest BCUT2D eigenvalue weighted by molar-refractivity contribution is 5.46. The summed E-state index contributed by atoms with van der Waals surface area (Å²) in [5, 5.41) is 22.7. The Morgan fingerprint density at radius 3 is 3.11 bits per heavy atom. The van der Waals surface area contributed by atoms with E-state index >= 15 is 0 Å². The maximum atomic E-state index is 10.9. The summed E-state index contributed by atoms with van der Waals surface area (Å²) in [6.45, 7) is 1.58. The Labute approximate surface area is 104 Å². The fourth-order valence-corrected chi connectivity index (χ4v) is 1.80. The molecule has 1 aromatic heterocycles. The number of nitriles is 1. The zero-order valence-electron chi connectivity index (χ0n) is 9.63. The minimum atomic E-state index is -0.584. The molecule has 18 heavy (non-hydrogen) atoms. The SMILES string of the molecule is N#Cc1cnc(O[C@H]2CCCNC2)c([N+](=O)[O-])c1. The van der Waals surface area contributed by atoms with Crippen molar-refractivity contribution in [3.63, 3.8) is 0 Å². The van der Waals surface area contributed by atoms with E-state index in [0.717, 1.165) is 19.4 Å². The number of ether oxygens (including phenoxy) is 1. The number of hydrogen-bond acceptors (Lipinski definition) is 6. The van der Waals surface area contributed by atoms with Gasteiger partial charge in [-0.25, -0.2) is 4.98 Å². The molecule has 1 aromatic rings. The van der Waals surface area contributed by atoms with E-state index < -0.39 is 4.92 Å². The molecule has 0 bridgehead atoms. The third-order valence-electron chi connectivity index (χ3n) is 2.69. The van der Waals surface area contributed by atoms with E-state index in [2.05, 4.69) is 10.3 Å². The van der Waals surface area contributed by atoms with Crippen LogP contribution in [0.5, 0.6) is 5.88 Å². The molecular weight excluding hydrogens is 236 g/mol. The first-order valence-electron chi connectivity index (χ1n) is 5.62. The van der Waals surface area contributed by atoms with Crippen LogP contribution in [0, 0.1) is 21.4 Å². The number of nitrogens with zero attached hydrogens (tertiary/aromatic N) is 3. The number of rotatable bonds is 3. The van der Waals surface area contributed by atoms with Crippen LogP contribution in [0.3, 0.4) is 0 Å². The van der Waals surface area contributed by atoms with Crippen molar-refractivity contribution in [2.24, 2.45) is 0 Å². The smallest absolute Gasteiger partial charge is 0.332 e. The number of nitrogens with one attached hydrogen (secondary N) is 1. The van der Waals surface area contributed by atoms with Gasteiger partial charge in [0, 0.05) is 18.8 Å². The molecule has 1 atom stereocenters. The summed E-state index contributed by atoms with van der Waals surface area (Å²) in [4.78, 5) is 14.2. The zero-order chi connectivity index (χ0) is 13.0. The predicted octanol–water partition coefficient (Wildman–Crippen LogP) is 0.992. The van der Waals surface area contributed by atoms with Crippen LogP contribution >= 0.6 is 0 Å². The molecule has 0 amide bonds. The highest BCUT2D eigenvalue weighted by atomic mass is 16.6. The lowest BCUT2D eigenvalue weighted by Crippen LogP contribution is -2.37. The molecule has 7 nitrogen and oxygen atoms in total. The molecule has 0 aromatic carbocycles. The Bertz CT molecular complexity index is 492. The minimum Gasteiger partial charge on any atom is -0.468 e. The van der Waals surface area contributed by atoms with Crippen molar-refractivity contribution >= 4 is 5.69 Å². The lowest BCUT2D eigenvalue weighted by atomic mass is 10.1. The highest BCUT2D eigenvalue weighted by Crippen LogP contribution is 2.26. The van der Waals surface area contributed by atoms with Gasteiger partial charge in [-0.3, -0.25) is 10.1 Å². The molecule has 0 spiro atoms. The van der Waals surface area contributed by atoms with Crippen LogP contribution in [0.2, 0.25) is 0 Å². The normalized spacial score (nSPS) is 18.9. The predicted molar refractivity (Wildman–Crippen MR) is 62.1 cm³/mol. The van der Waals surface area contributed by atoms with Gasteiger partial charge in [-0.05, 0) is 19.4 Å². The molecule has 94 valence electrons. The van der Waals surface area contributed by atoms with Gasteiger partial charge in [-0.1, -0.05) is 0 Å². The van der Waals surface area contributed by atoms with Gasteiger partial charge in [0.2, 0.25) is 0 Å². The van der Waals surface area contributed by atoms with Crippen LogP contribution in [0.15, 0.2) is 12.3 Å². The largest absolute Gasteiger partial charge is 0.468 e. The van der Waals surface area contributed by atoms with Crippen LogP contribution in [0.25, 0.3) is 0 Å². The fourth-order valence-electron chi connectivity index (χ4n) is 1.80. The molecule has 0 unspecified atom stereocenters. The number of aromatic nitrogens is 1. The maximum Gasteiger partial charge on any atom is 0.332 e. The minimum absolute atomic E-state index is 0.0206. The summed E-state index contributed by atoms with van der Waals surface area (Å²) in [5.41, 5.74) is -0.115. The quantitative estimate of drug-likeness (QED) is 0.632. The molecule has 1 N–H and O–H groups in total. The standard InChI is InChI=1S/C11H12N4O3/c12-5-8-4-10(15(16)17)11(14-6-8)18-9-2-1-3-13-7-9/h4,6,9,13H,1-3,7H2/t9-/m0/s1. The van der Waals surface area contributed by atoms with Crippen molar-refractivity contribution in [1.82, 2.24) is 10.3 Å². The van der Waals surface area contributed by atoms with Crippen molar-refractivity contribution in [1.29, 1.82) is 5.26 Å². The number of piperidine rings is 1. The van der Waals surface area contributed by atoms with Crippen LogP contribution in [-0.4, -0.2) is 29.1 Å². The van der Waals surface area contributed by atoms with Crippen LogP contribution in [0.4, 0.5) is 5.69 Å². The van der Waals surface area contributed by atoms with Crippen molar-refractivity contribution in [2.75, 3.05) is 13.1 Å². The van der Waals surface area contributed by atoms with Gasteiger partial charge in [0.05, 0.1) is 10.5 Å². The first-order chi connectivity index (χ1) is 8.70. The monoisotopic (exact) mass is 248 g/mol. The summed E-state index contributed by atoms with van der Waals surface area (Å²) < 4.78 is 5.52. The van der Waals surface area contributed by atoms with Crippen molar-refractivity contribution in [3.05, 3.63) is 27.9 Å². The second-order valence-corrected chi connectivity index (χ2v) is 4.00. The molecule has 0 radical (unpaired) electrons. The van der Waals surface area contributed by atoms with E-state index in [1.54, 1.807) is 0 Å². The summed E-state index contributed by atoms with van der Waals surface area (Å²) >= 11 is 0. The van der Waals surface area contributed by atoms with Crippen molar-refractivity contribution in [2.45, 2.75) is 18.9 Å². The number of nitro groups is 1. The first kappa shape index (κ1) is 12.3. The van der Waals surface area contributed by atoms with Crippen molar-refractivity contribution < 1.29 is 9.66 Å². The molecule has 1 saturated heterocycles. The van der Waals surface area contributed by atoms with Gasteiger partial charge in [0.25, 0.3) is 5.88 Å². The van der Waals surface area contributed by atoms with E-state index in [1.165, 1.54) is 12.3 Å². The summed E-state index contributed by atoms with van der Waals surface area (Å²) in [5.74, 6) is -0.0206. The molecule has 2 rings (SSSR count). The van der Waals surface area contributed by atoms with E-state index in [1.807, 2.05) is 6.07 Å². The number of hydrogen-bond donors (Lipinski definition) is 1. The summed E-state index contributed by atoms with van der Waals surface area (Å²) in [7, 11) is 0. The zero-order valence-corrected chi connectivity index (χ0v) is 9.63. The molecule has 0 aliphatic carbocycles. The molecule has 0 saturated carbocycles. The van der Waals surface area contributed by atoms with E-state index in [0.29, 0.717) is 6.54 Å². The van der Waals surface area contributed by atoms with Gasteiger partial charge < -0.3 is 10.1 Å². The van der Waals surface area contributed by atoms with Crippen LogP contribution < -0.4 is 10.1 Å². The fraction of sp³-hybridized carbons (Fsp3) is 0.455. The molecule has 2 heterocycles. The van der Waals surface area contributed by atoms with E-state index in [9.17, 15) is 10.1 Å². The lowest BCUT2D eigenvalue weighted by Gasteiger charge is -2.23. The maximum absolute atomic E-state index is 10.9. The Morgan fingerprint density at radius 1 is 1.67 bits per heavy atom. The van der Waals surface area contributed by atoms with E-state index in [4.69, 9.17) is 10.00 Å². The highest BCUT2D eigenvalue weighted by Gasteiger charge is 2.22. The lowest BCUT2D eigenvalue weighted by molar-refractivity contribution is -0.386. The molecular formula is C11H12N4O3. The Kier molecular flexibility index (Phi) is 3.69. The average molecular weight is 248 g/mol. The molecule has 7 heteroatoms. The van der Waals surface area contributed by atoms with Gasteiger partial charge >= 0.3 is 5.69 Å². The second kappa shape index (κ2) is 5.42. The first-order valence-corrected chi connectivity index (χ1v) is 5.62. The number of pyridine rings is 1. The van der Waals surface area contributed by atoms with Gasteiger partial charge in [0.1, 0.15) is 12.2 Å². The van der Waals surface area contributed by atoms with E-state index in [-0.39, 0.29) is 23.2 Å². The van der Waals surface area contributed by atoms with Crippen LogP contribution in [0.1, 0.15) is 18.4 Å². The van der Waals surface area contributed by atoms with Gasteiger partial charge in [-0.2, -0.15) is 5.26 Å². The average Bonchev–Trinajstić information content (AvgIpc) is 2.40. The van der Waals surface area contributed by atoms with Crippen molar-refractivity contribution in [3.8, 4) is 11.9 Å². The van der Waals surface area contributed by atoms with Gasteiger partial charge in [0.15, 0.2) is 0 Å². The van der Waals surface area contributed by atoms with Gasteiger partial charge in [-0.15, -0.1) is 0 Å². The second-order valence-electron chi connectivity index (χ2n) is 4.00. The molecule has 1 aliphatic rings. The third-order valence-corrected chi connectivity index (χ3v) is 2.69.